The van der Waals surface area contributed by atoms with Crippen LogP contribution in [0.5, 0.6) is 0 Å². The Kier molecular flexibility index (Phi) is 4.97. The molecule has 1 aliphatic heterocycles. The summed E-state index contributed by atoms with van der Waals surface area (Å²) in [6.45, 7) is 0.449. The van der Waals surface area contributed by atoms with E-state index >= 15 is 0 Å². The molecule has 0 unspecified atom stereocenters. The zero-order valence-electron chi connectivity index (χ0n) is 13.5. The van der Waals surface area contributed by atoms with Gasteiger partial charge in [0.1, 0.15) is 0 Å². The number of nitrogens with one attached hydrogen (secondary N) is 1. The lowest BCUT2D eigenvalue weighted by Gasteiger charge is -2.19. The number of amidine groups is 1. The fourth-order valence-corrected chi connectivity index (χ4v) is 4.51. The first kappa shape index (κ1) is 17.3. The maximum Gasteiger partial charge on any atom is 0.264 e. The molecule has 0 bridgehead atoms. The Morgan fingerprint density at radius 3 is 2.64 bits per heavy atom. The van der Waals surface area contributed by atoms with E-state index in [9.17, 15) is 8.42 Å². The largest absolute Gasteiger partial charge is 0.271 e. The van der Waals surface area contributed by atoms with Gasteiger partial charge in [-0.2, -0.15) is 5.26 Å². The predicted octanol–water partition coefficient (Wildman–Crippen LogP) is 2.86. The van der Waals surface area contributed by atoms with E-state index in [1.54, 1.807) is 30.5 Å². The number of benzene rings is 2. The molecular weight excluding hydrogens is 356 g/mol. The summed E-state index contributed by atoms with van der Waals surface area (Å²) in [4.78, 5) is 4.49. The van der Waals surface area contributed by atoms with Crippen molar-refractivity contribution in [1.29, 1.82) is 5.26 Å². The monoisotopic (exact) mass is 372 g/mol. The first-order valence-electron chi connectivity index (χ1n) is 7.55. The Morgan fingerprint density at radius 2 is 1.96 bits per heavy atom. The Morgan fingerprint density at radius 1 is 1.24 bits per heavy atom. The summed E-state index contributed by atoms with van der Waals surface area (Å²) in [6, 6.07) is 13.9. The maximum atomic E-state index is 12.9. The van der Waals surface area contributed by atoms with Crippen LogP contribution >= 0.6 is 11.8 Å². The predicted molar refractivity (Wildman–Crippen MR) is 100 cm³/mol. The van der Waals surface area contributed by atoms with Gasteiger partial charge in [0.25, 0.3) is 10.0 Å². The average Bonchev–Trinajstić information content (AvgIpc) is 3.06. The smallest absolute Gasteiger partial charge is 0.264 e. The summed E-state index contributed by atoms with van der Waals surface area (Å²) in [5.74, 6) is 0. The number of nitrogens with zero attached hydrogens (tertiary/aromatic N) is 3. The van der Waals surface area contributed by atoms with Crippen molar-refractivity contribution in [3.8, 4) is 6.19 Å². The van der Waals surface area contributed by atoms with Crippen molar-refractivity contribution in [3.63, 3.8) is 0 Å². The summed E-state index contributed by atoms with van der Waals surface area (Å²) in [6.07, 6.45) is 4.33. The number of fused-ring (bicyclic) bond motifs is 1. The summed E-state index contributed by atoms with van der Waals surface area (Å²) < 4.78 is 27.3. The third kappa shape index (κ3) is 3.48. The molecule has 0 aromatic heterocycles. The minimum atomic E-state index is -3.60. The topological polar surface area (TPSA) is 85.6 Å². The van der Waals surface area contributed by atoms with Gasteiger partial charge in [0.15, 0.2) is 11.4 Å². The third-order valence-corrected chi connectivity index (χ3v) is 6.26. The van der Waals surface area contributed by atoms with Crippen molar-refractivity contribution in [2.24, 2.45) is 4.99 Å². The van der Waals surface area contributed by atoms with Crippen molar-refractivity contribution in [3.05, 3.63) is 54.1 Å². The molecule has 0 spiro atoms. The lowest BCUT2D eigenvalue weighted by atomic mass is 10.2. The molecule has 128 valence electrons. The molecule has 3 rings (SSSR count). The van der Waals surface area contributed by atoms with Crippen molar-refractivity contribution in [2.75, 3.05) is 17.1 Å². The van der Waals surface area contributed by atoms with E-state index in [1.807, 2.05) is 30.5 Å². The van der Waals surface area contributed by atoms with Gasteiger partial charge < -0.3 is 0 Å². The van der Waals surface area contributed by atoms with Gasteiger partial charge in [-0.3, -0.25) is 9.62 Å². The summed E-state index contributed by atoms with van der Waals surface area (Å²) in [7, 11) is -3.60. The van der Waals surface area contributed by atoms with Crippen molar-refractivity contribution in [1.82, 2.24) is 5.32 Å². The molecular formula is C17H16N4O2S2. The fraction of sp³-hybridized carbons (Fsp3) is 0.176. The molecule has 25 heavy (non-hydrogen) atoms. The van der Waals surface area contributed by atoms with E-state index in [4.69, 9.17) is 5.26 Å². The molecule has 6 nitrogen and oxygen atoms in total. The van der Waals surface area contributed by atoms with Crippen molar-refractivity contribution in [2.45, 2.75) is 11.3 Å². The Bertz CT molecular complexity index is 947. The Balaban J connectivity index is 1.89. The van der Waals surface area contributed by atoms with Crippen LogP contribution in [0.3, 0.4) is 0 Å². The molecule has 1 N–H and O–H groups in total. The second-order valence-corrected chi connectivity index (χ2v) is 7.96. The molecule has 0 saturated carbocycles. The first-order valence-corrected chi connectivity index (χ1v) is 10.2. The second-order valence-electron chi connectivity index (χ2n) is 5.31. The zero-order chi connectivity index (χ0) is 17.9. The zero-order valence-corrected chi connectivity index (χ0v) is 15.1. The third-order valence-electron chi connectivity index (χ3n) is 3.86. The minimum absolute atomic E-state index is 0.224. The van der Waals surface area contributed by atoms with Crippen LogP contribution in [0.25, 0.3) is 0 Å². The van der Waals surface area contributed by atoms with Gasteiger partial charge in [-0.1, -0.05) is 30.0 Å². The van der Waals surface area contributed by atoms with Gasteiger partial charge in [-0.05, 0) is 48.6 Å². The van der Waals surface area contributed by atoms with Crippen LogP contribution in [-0.4, -0.2) is 26.4 Å². The lowest BCUT2D eigenvalue weighted by Crippen LogP contribution is -2.29. The number of nitriles is 1. The fourth-order valence-electron chi connectivity index (χ4n) is 2.67. The van der Waals surface area contributed by atoms with Gasteiger partial charge in [0.05, 0.1) is 16.3 Å². The number of para-hydroxylation sites is 1. The summed E-state index contributed by atoms with van der Waals surface area (Å²) >= 11 is 1.30. The van der Waals surface area contributed by atoms with Gasteiger partial charge in [-0.15, -0.1) is 0 Å². The summed E-state index contributed by atoms with van der Waals surface area (Å²) in [5, 5.41) is 11.6. The van der Waals surface area contributed by atoms with Crippen LogP contribution < -0.4 is 9.62 Å². The SMILES string of the molecule is CSC(=Nc1ccc(S(=O)(=O)N2CCc3ccccc32)cc1)NC#N. The van der Waals surface area contributed by atoms with Gasteiger partial charge in [0.2, 0.25) is 0 Å². The molecule has 0 atom stereocenters. The standard InChI is InChI=1S/C17H16N4O2S2/c1-24-17(19-12-18)20-14-6-8-15(9-7-14)25(22,23)21-11-10-13-4-2-3-5-16(13)21/h2-9H,10-11H2,1H3,(H,19,20). The number of thioether (sulfide) groups is 1. The van der Waals surface area contributed by atoms with E-state index in [0.29, 0.717) is 23.8 Å². The molecule has 2 aromatic carbocycles. The molecule has 0 amide bonds. The second kappa shape index (κ2) is 7.17. The van der Waals surface area contributed by atoms with Crippen molar-refractivity contribution >= 4 is 38.3 Å². The highest BCUT2D eigenvalue weighted by Crippen LogP contribution is 2.33. The Hall–Kier alpha value is -2.50. The van der Waals surface area contributed by atoms with E-state index in [-0.39, 0.29) is 4.90 Å². The number of rotatable bonds is 3. The van der Waals surface area contributed by atoms with E-state index in [2.05, 4.69) is 10.3 Å². The maximum absolute atomic E-state index is 12.9. The van der Waals surface area contributed by atoms with Crippen molar-refractivity contribution < 1.29 is 8.42 Å². The molecule has 2 aromatic rings. The number of anilines is 1. The average molecular weight is 372 g/mol. The molecule has 0 saturated heterocycles. The number of hydrogen-bond donors (Lipinski definition) is 1. The Labute approximate surface area is 151 Å². The van der Waals surface area contributed by atoms with E-state index < -0.39 is 10.0 Å². The highest BCUT2D eigenvalue weighted by atomic mass is 32.2. The van der Waals surface area contributed by atoms with Gasteiger partial charge in [-0.25, -0.2) is 13.4 Å². The van der Waals surface area contributed by atoms with Crippen LogP contribution in [0.4, 0.5) is 11.4 Å². The minimum Gasteiger partial charge on any atom is -0.271 e. The van der Waals surface area contributed by atoms with Gasteiger partial charge in [0, 0.05) is 6.54 Å². The van der Waals surface area contributed by atoms with Crippen LogP contribution in [-0.2, 0) is 16.4 Å². The molecule has 1 aliphatic rings. The van der Waals surface area contributed by atoms with Crippen LogP contribution in [0, 0.1) is 11.5 Å². The molecule has 1 heterocycles. The molecule has 0 fully saturated rings. The number of aliphatic imine (C=N–C) groups is 1. The van der Waals surface area contributed by atoms with E-state index in [0.717, 1.165) is 11.3 Å². The van der Waals surface area contributed by atoms with Crippen LogP contribution in [0.2, 0.25) is 0 Å². The highest BCUT2D eigenvalue weighted by Gasteiger charge is 2.30. The van der Waals surface area contributed by atoms with E-state index in [1.165, 1.54) is 16.1 Å². The lowest BCUT2D eigenvalue weighted by molar-refractivity contribution is 0.592. The quantitative estimate of drug-likeness (QED) is 0.387. The van der Waals surface area contributed by atoms with Gasteiger partial charge >= 0.3 is 0 Å². The molecule has 0 radical (unpaired) electrons. The first-order chi connectivity index (χ1) is 12.1. The molecule has 0 aliphatic carbocycles. The normalized spacial score (nSPS) is 14.1. The molecule has 8 heteroatoms. The van der Waals surface area contributed by atoms with Crippen LogP contribution in [0.15, 0.2) is 58.4 Å². The highest BCUT2D eigenvalue weighted by molar-refractivity contribution is 8.13. The summed E-state index contributed by atoms with van der Waals surface area (Å²) in [5.41, 5.74) is 2.36. The van der Waals surface area contributed by atoms with Crippen LogP contribution in [0.1, 0.15) is 5.56 Å². The number of hydrogen-bond acceptors (Lipinski definition) is 5. The number of sulfonamides is 1.